The van der Waals surface area contributed by atoms with Crippen molar-refractivity contribution in [2.45, 2.75) is 44.6 Å². The first kappa shape index (κ1) is 9.97. The van der Waals surface area contributed by atoms with Crippen molar-refractivity contribution in [3.8, 4) is 0 Å². The predicted octanol–water partition coefficient (Wildman–Crippen LogP) is 1.13. The molecule has 0 aromatic rings. The van der Waals surface area contributed by atoms with Crippen LogP contribution < -0.4 is 5.73 Å². The Labute approximate surface area is 85.6 Å². The minimum atomic E-state index is 0.0890. The third-order valence-electron chi connectivity index (χ3n) is 3.45. The number of carbonyl (C=O) groups is 1. The molecular formula is C11H20N2O. The van der Waals surface area contributed by atoms with Crippen LogP contribution in [0.2, 0.25) is 0 Å². The molecule has 3 nitrogen and oxygen atoms in total. The summed E-state index contributed by atoms with van der Waals surface area (Å²) in [6.45, 7) is 1.75. The van der Waals surface area contributed by atoms with Gasteiger partial charge in [-0.1, -0.05) is 19.3 Å². The minimum absolute atomic E-state index is 0.0890. The SMILES string of the molecule is NC1CC(=O)N(CC2CCCCC2)C1. The van der Waals surface area contributed by atoms with Crippen LogP contribution in [0.4, 0.5) is 0 Å². The number of amides is 1. The van der Waals surface area contributed by atoms with Gasteiger partial charge in [-0.25, -0.2) is 0 Å². The largest absolute Gasteiger partial charge is 0.341 e. The Hall–Kier alpha value is -0.570. The number of hydrogen-bond acceptors (Lipinski definition) is 2. The molecular weight excluding hydrogens is 176 g/mol. The standard InChI is InChI=1S/C11H20N2O/c12-10-6-11(14)13(8-10)7-9-4-2-1-3-5-9/h9-10H,1-8,12H2. The molecule has 0 aromatic carbocycles. The second kappa shape index (κ2) is 4.30. The highest BCUT2D eigenvalue weighted by Gasteiger charge is 2.28. The summed E-state index contributed by atoms with van der Waals surface area (Å²) in [5, 5.41) is 0. The van der Waals surface area contributed by atoms with E-state index in [1.165, 1.54) is 32.1 Å². The molecule has 0 bridgehead atoms. The Kier molecular flexibility index (Phi) is 3.06. The fraction of sp³-hybridized carbons (Fsp3) is 0.909. The van der Waals surface area contributed by atoms with E-state index in [1.54, 1.807) is 0 Å². The first-order valence-corrected chi connectivity index (χ1v) is 5.79. The molecule has 1 amide bonds. The zero-order chi connectivity index (χ0) is 9.97. The van der Waals surface area contributed by atoms with Gasteiger partial charge in [0.05, 0.1) is 0 Å². The molecule has 1 aliphatic heterocycles. The summed E-state index contributed by atoms with van der Waals surface area (Å²) in [5.41, 5.74) is 5.76. The average molecular weight is 196 g/mol. The summed E-state index contributed by atoms with van der Waals surface area (Å²) in [5.74, 6) is 1.01. The van der Waals surface area contributed by atoms with Gasteiger partial charge in [0.1, 0.15) is 0 Å². The van der Waals surface area contributed by atoms with E-state index in [2.05, 4.69) is 0 Å². The van der Waals surface area contributed by atoms with Gasteiger partial charge in [-0.15, -0.1) is 0 Å². The lowest BCUT2D eigenvalue weighted by Gasteiger charge is -2.26. The number of rotatable bonds is 2. The van der Waals surface area contributed by atoms with Gasteiger partial charge in [0.15, 0.2) is 0 Å². The molecule has 1 heterocycles. The quantitative estimate of drug-likeness (QED) is 0.719. The summed E-state index contributed by atoms with van der Waals surface area (Å²) in [7, 11) is 0. The molecule has 1 unspecified atom stereocenters. The van der Waals surface area contributed by atoms with Gasteiger partial charge in [-0.3, -0.25) is 4.79 Å². The fourth-order valence-electron chi connectivity index (χ4n) is 2.66. The van der Waals surface area contributed by atoms with Crippen LogP contribution in [-0.4, -0.2) is 29.9 Å². The average Bonchev–Trinajstić information content (AvgIpc) is 2.47. The Balaban J connectivity index is 1.81. The van der Waals surface area contributed by atoms with Crippen molar-refractivity contribution < 1.29 is 4.79 Å². The molecule has 0 radical (unpaired) electrons. The van der Waals surface area contributed by atoms with Crippen molar-refractivity contribution >= 4 is 5.91 Å². The Morgan fingerprint density at radius 2 is 2.00 bits per heavy atom. The normalized spacial score (nSPS) is 29.9. The van der Waals surface area contributed by atoms with Crippen molar-refractivity contribution in [2.24, 2.45) is 11.7 Å². The Bertz CT molecular complexity index is 211. The van der Waals surface area contributed by atoms with Gasteiger partial charge in [0, 0.05) is 25.6 Å². The molecule has 1 saturated carbocycles. The number of nitrogens with zero attached hydrogens (tertiary/aromatic N) is 1. The van der Waals surface area contributed by atoms with Gasteiger partial charge in [0.2, 0.25) is 5.91 Å². The van der Waals surface area contributed by atoms with E-state index in [0.717, 1.165) is 19.0 Å². The number of likely N-dealkylation sites (tertiary alicyclic amines) is 1. The van der Waals surface area contributed by atoms with Gasteiger partial charge < -0.3 is 10.6 Å². The smallest absolute Gasteiger partial charge is 0.224 e. The van der Waals surface area contributed by atoms with E-state index >= 15 is 0 Å². The number of nitrogens with two attached hydrogens (primary N) is 1. The van der Waals surface area contributed by atoms with Gasteiger partial charge >= 0.3 is 0 Å². The highest BCUT2D eigenvalue weighted by Crippen LogP contribution is 2.25. The summed E-state index contributed by atoms with van der Waals surface area (Å²) in [6.07, 6.45) is 7.24. The lowest BCUT2D eigenvalue weighted by atomic mass is 9.89. The molecule has 80 valence electrons. The molecule has 2 rings (SSSR count). The number of carbonyl (C=O) groups excluding carboxylic acids is 1. The van der Waals surface area contributed by atoms with Crippen LogP contribution in [-0.2, 0) is 4.79 Å². The van der Waals surface area contributed by atoms with Crippen LogP contribution in [0, 0.1) is 5.92 Å². The predicted molar refractivity (Wildman–Crippen MR) is 55.7 cm³/mol. The third kappa shape index (κ3) is 2.27. The molecule has 1 atom stereocenters. The summed E-state index contributed by atoms with van der Waals surface area (Å²) >= 11 is 0. The molecule has 2 fully saturated rings. The van der Waals surface area contributed by atoms with E-state index in [9.17, 15) is 4.79 Å². The molecule has 3 heteroatoms. The molecule has 0 spiro atoms. The monoisotopic (exact) mass is 196 g/mol. The second-order valence-corrected chi connectivity index (χ2v) is 4.77. The molecule has 1 saturated heterocycles. The van der Waals surface area contributed by atoms with Crippen LogP contribution in [0.5, 0.6) is 0 Å². The van der Waals surface area contributed by atoms with Crippen LogP contribution in [0.3, 0.4) is 0 Å². The maximum absolute atomic E-state index is 11.5. The van der Waals surface area contributed by atoms with E-state index in [1.807, 2.05) is 4.90 Å². The fourth-order valence-corrected chi connectivity index (χ4v) is 2.66. The van der Waals surface area contributed by atoms with Gasteiger partial charge in [-0.2, -0.15) is 0 Å². The highest BCUT2D eigenvalue weighted by molar-refractivity contribution is 5.79. The van der Waals surface area contributed by atoms with Gasteiger partial charge in [-0.05, 0) is 18.8 Å². The zero-order valence-electron chi connectivity index (χ0n) is 8.74. The summed E-state index contributed by atoms with van der Waals surface area (Å²) in [6, 6.07) is 0.0890. The molecule has 1 aliphatic carbocycles. The third-order valence-corrected chi connectivity index (χ3v) is 3.45. The Morgan fingerprint density at radius 3 is 2.57 bits per heavy atom. The van der Waals surface area contributed by atoms with E-state index in [-0.39, 0.29) is 11.9 Å². The number of hydrogen-bond donors (Lipinski definition) is 1. The van der Waals surface area contributed by atoms with Crippen molar-refractivity contribution in [3.63, 3.8) is 0 Å². The van der Waals surface area contributed by atoms with Crippen LogP contribution >= 0.6 is 0 Å². The molecule has 0 aromatic heterocycles. The van der Waals surface area contributed by atoms with Gasteiger partial charge in [0.25, 0.3) is 0 Å². The van der Waals surface area contributed by atoms with Crippen molar-refractivity contribution in [2.75, 3.05) is 13.1 Å². The van der Waals surface area contributed by atoms with Crippen molar-refractivity contribution in [1.82, 2.24) is 4.90 Å². The van der Waals surface area contributed by atoms with E-state index in [0.29, 0.717) is 6.42 Å². The molecule has 2 aliphatic rings. The zero-order valence-corrected chi connectivity index (χ0v) is 8.74. The first-order valence-electron chi connectivity index (χ1n) is 5.79. The molecule has 14 heavy (non-hydrogen) atoms. The lowest BCUT2D eigenvalue weighted by molar-refractivity contribution is -0.128. The first-order chi connectivity index (χ1) is 6.75. The second-order valence-electron chi connectivity index (χ2n) is 4.77. The maximum atomic E-state index is 11.5. The molecule has 2 N–H and O–H groups in total. The van der Waals surface area contributed by atoms with Crippen molar-refractivity contribution in [3.05, 3.63) is 0 Å². The van der Waals surface area contributed by atoms with Crippen molar-refractivity contribution in [1.29, 1.82) is 0 Å². The van der Waals surface area contributed by atoms with Crippen LogP contribution in [0.1, 0.15) is 38.5 Å². The lowest BCUT2D eigenvalue weighted by Crippen LogP contribution is -2.33. The summed E-state index contributed by atoms with van der Waals surface area (Å²) in [4.78, 5) is 13.5. The topological polar surface area (TPSA) is 46.3 Å². The van der Waals surface area contributed by atoms with Crippen LogP contribution in [0.25, 0.3) is 0 Å². The maximum Gasteiger partial charge on any atom is 0.224 e. The van der Waals surface area contributed by atoms with Crippen LogP contribution in [0.15, 0.2) is 0 Å². The highest BCUT2D eigenvalue weighted by atomic mass is 16.2. The summed E-state index contributed by atoms with van der Waals surface area (Å²) < 4.78 is 0. The van der Waals surface area contributed by atoms with E-state index in [4.69, 9.17) is 5.73 Å². The van der Waals surface area contributed by atoms with E-state index < -0.39 is 0 Å². The Morgan fingerprint density at radius 1 is 1.29 bits per heavy atom. The minimum Gasteiger partial charge on any atom is -0.341 e.